The number of nitrogens with zero attached hydrogens (tertiary/aromatic N) is 2. The zero-order chi connectivity index (χ0) is 81.5. The Morgan fingerprint density at radius 3 is 1.09 bits per heavy atom. The van der Waals surface area contributed by atoms with Gasteiger partial charge in [-0.1, -0.05) is 360 Å². The van der Waals surface area contributed by atoms with Crippen LogP contribution in [-0.4, -0.2) is 0 Å². The summed E-state index contributed by atoms with van der Waals surface area (Å²) in [7, 11) is 0. The number of fused-ring (bicyclic) bond motifs is 22. The Morgan fingerprint density at radius 1 is 0.179 bits per heavy atom. The molecule has 0 radical (unpaired) electrons. The van der Waals surface area contributed by atoms with E-state index in [0.717, 1.165) is 123 Å². The van der Waals surface area contributed by atoms with Crippen LogP contribution in [0.5, 0.6) is 0 Å². The maximum Gasteiger partial charge on any atom is 0.136 e. The van der Waals surface area contributed by atoms with Crippen LogP contribution in [-0.2, 0) is 16.2 Å². The van der Waals surface area contributed by atoms with Crippen LogP contribution in [0.3, 0.4) is 0 Å². The van der Waals surface area contributed by atoms with E-state index in [1.54, 1.807) is 0 Å². The number of anilines is 6. The van der Waals surface area contributed by atoms with Crippen molar-refractivity contribution >= 4 is 78.0 Å². The lowest BCUT2D eigenvalue weighted by atomic mass is 9.67. The Hall–Kier alpha value is -15.6. The maximum atomic E-state index is 6.38. The van der Waals surface area contributed by atoms with Gasteiger partial charge in [0.15, 0.2) is 0 Å². The molecule has 0 saturated carbocycles. The second-order valence-electron chi connectivity index (χ2n) is 33.6. The topological polar surface area (TPSA) is 32.8 Å². The molecular formula is C119H80N2O2. The fourth-order valence-electron chi connectivity index (χ4n) is 21.4. The van der Waals surface area contributed by atoms with Crippen LogP contribution < -0.4 is 9.80 Å². The van der Waals surface area contributed by atoms with E-state index in [9.17, 15) is 0 Å². The molecule has 4 heteroatoms. The van der Waals surface area contributed by atoms with Gasteiger partial charge in [0.05, 0.1) is 22.2 Å². The van der Waals surface area contributed by atoms with Crippen LogP contribution in [0, 0.1) is 0 Å². The smallest absolute Gasteiger partial charge is 0.136 e. The number of hydrogen-bond donors (Lipinski definition) is 0. The van der Waals surface area contributed by atoms with Gasteiger partial charge in [-0.15, -0.1) is 0 Å². The van der Waals surface area contributed by atoms with Crippen LogP contribution in [0.1, 0.15) is 69.5 Å². The van der Waals surface area contributed by atoms with Gasteiger partial charge in [-0.25, -0.2) is 0 Å². The largest absolute Gasteiger partial charge is 0.456 e. The molecule has 578 valence electrons. The molecule has 0 bridgehead atoms. The Bertz CT molecular complexity index is 7690. The van der Waals surface area contributed by atoms with Crippen LogP contribution in [0.15, 0.2) is 458 Å². The first-order valence-corrected chi connectivity index (χ1v) is 42.7. The standard InChI is InChI=1S/C64H45NO.C55H35NO/c1-63(2)56-27-15-12-24-49(56)51-34-32-47(40-58(51)63)65(48-33-35-52-50-25-13-16-28-57(50)64(59(52)41-48,45-20-8-4-9-21-45)46-22-10-5-11-23-46)60-36-30-43(38-54(60)42-18-6-3-7-19-42)44-31-37-62-55(39-44)53-26-14-17-29-61(53)66-62;1-3-15-36(16-4-1)41-30-27-37(38-28-31-47-46-22-10-14-26-53(46)57-54(47)34-38)33-52(41)56(39-17-5-2-6-18-39)40-29-32-45-44-21-9-13-25-50(44)55(51(45)35-40)48-23-11-7-19-42(48)43-20-8-12-24-49(43)55/h3-41H,1-2H3;1-35H. The van der Waals surface area contributed by atoms with E-state index in [1.807, 2.05) is 24.3 Å². The summed E-state index contributed by atoms with van der Waals surface area (Å²) in [6.45, 7) is 4.74. The van der Waals surface area contributed by atoms with E-state index in [-0.39, 0.29) is 5.41 Å². The average Bonchev–Trinajstić information content (AvgIpc) is 1.50. The molecule has 1 spiro atoms. The molecule has 0 N–H and O–H groups in total. The van der Waals surface area contributed by atoms with Gasteiger partial charge in [-0.05, 0) is 237 Å². The Balaban J connectivity index is 0.000000140. The summed E-state index contributed by atoms with van der Waals surface area (Å²) >= 11 is 0. The van der Waals surface area contributed by atoms with Crippen molar-refractivity contribution < 1.29 is 8.83 Å². The van der Waals surface area contributed by atoms with Crippen molar-refractivity contribution in [1.29, 1.82) is 0 Å². The molecule has 0 aliphatic heterocycles. The first-order chi connectivity index (χ1) is 60.7. The van der Waals surface area contributed by atoms with E-state index >= 15 is 0 Å². The summed E-state index contributed by atoms with van der Waals surface area (Å²) < 4.78 is 12.6. The molecule has 19 aromatic carbocycles. The highest BCUT2D eigenvalue weighted by molar-refractivity contribution is 6.09. The number of benzene rings is 19. The summed E-state index contributed by atoms with van der Waals surface area (Å²) in [5, 5.41) is 4.52. The van der Waals surface area contributed by atoms with Crippen LogP contribution >= 0.6 is 0 Å². The van der Waals surface area contributed by atoms with E-state index in [1.165, 1.54) is 100 Å². The summed E-state index contributed by atoms with van der Waals surface area (Å²) in [5.74, 6) is 0. The van der Waals surface area contributed by atoms with Crippen molar-refractivity contribution in [2.75, 3.05) is 9.80 Å². The second kappa shape index (κ2) is 28.3. The number of rotatable bonds is 12. The first-order valence-electron chi connectivity index (χ1n) is 42.7. The second-order valence-corrected chi connectivity index (χ2v) is 33.6. The van der Waals surface area contributed by atoms with Crippen molar-refractivity contribution in [3.05, 3.63) is 505 Å². The first kappa shape index (κ1) is 71.5. The predicted octanol–water partition coefficient (Wildman–Crippen LogP) is 31.8. The number of furan rings is 2. The molecule has 2 heterocycles. The molecule has 123 heavy (non-hydrogen) atoms. The van der Waals surface area contributed by atoms with Crippen molar-refractivity contribution in [1.82, 2.24) is 0 Å². The monoisotopic (exact) mass is 1570 g/mol. The Kier molecular flexibility index (Phi) is 16.4. The highest BCUT2D eigenvalue weighted by Gasteiger charge is 2.52. The minimum atomic E-state index is -0.542. The average molecular weight is 1570 g/mol. The van der Waals surface area contributed by atoms with Crippen molar-refractivity contribution in [2.45, 2.75) is 30.1 Å². The molecular weight excluding hydrogens is 1490 g/mol. The van der Waals surface area contributed by atoms with Crippen LogP contribution in [0.4, 0.5) is 34.1 Å². The molecule has 0 unspecified atom stereocenters. The summed E-state index contributed by atoms with van der Waals surface area (Å²) in [4.78, 5) is 4.97. The normalized spacial score (nSPS) is 13.5. The zero-order valence-electron chi connectivity index (χ0n) is 67.9. The molecule has 0 amide bonds. The summed E-state index contributed by atoms with van der Waals surface area (Å²) in [6, 6.07) is 165. The fourth-order valence-corrected chi connectivity index (χ4v) is 21.4. The van der Waals surface area contributed by atoms with Gasteiger partial charge in [-0.2, -0.15) is 0 Å². The SMILES string of the molecule is CC1(C)c2ccccc2-c2ccc(N(c3ccc4c(c3)C(c3ccccc3)(c3ccccc3)c3ccccc3-4)c3ccc(-c4ccc5oc6ccccc6c5c4)cc3-c3ccccc3)cc21.c1ccc(-c2ccc(-c3ccc4c(c3)oc3ccccc34)cc2N(c2ccccc2)c2ccc3c(c2)C2(c4ccccc4-c4ccccc42)c2ccccc2-3)cc1. The Morgan fingerprint density at radius 2 is 0.528 bits per heavy atom. The quantitative estimate of drug-likeness (QED) is 0.122. The summed E-state index contributed by atoms with van der Waals surface area (Å²) in [5.41, 5.74) is 41.7. The van der Waals surface area contributed by atoms with Gasteiger partial charge in [0.2, 0.25) is 0 Å². The van der Waals surface area contributed by atoms with Crippen molar-refractivity contribution in [3.63, 3.8) is 0 Å². The van der Waals surface area contributed by atoms with E-state index < -0.39 is 10.8 Å². The number of hydrogen-bond acceptors (Lipinski definition) is 4. The lowest BCUT2D eigenvalue weighted by Gasteiger charge is -2.35. The van der Waals surface area contributed by atoms with Gasteiger partial charge < -0.3 is 18.6 Å². The highest BCUT2D eigenvalue weighted by atomic mass is 16.3. The summed E-state index contributed by atoms with van der Waals surface area (Å²) in [6.07, 6.45) is 0. The van der Waals surface area contributed by atoms with Gasteiger partial charge >= 0.3 is 0 Å². The van der Waals surface area contributed by atoms with Gasteiger partial charge in [0.1, 0.15) is 22.3 Å². The van der Waals surface area contributed by atoms with E-state index in [2.05, 4.69) is 448 Å². The molecule has 0 atom stereocenters. The molecule has 21 aromatic rings. The molecule has 4 aliphatic carbocycles. The predicted molar refractivity (Wildman–Crippen MR) is 510 cm³/mol. The van der Waals surface area contributed by atoms with Gasteiger partial charge in [-0.3, -0.25) is 0 Å². The number of para-hydroxylation sites is 3. The molecule has 25 rings (SSSR count). The molecule has 0 fully saturated rings. The molecule has 0 saturated heterocycles. The van der Waals surface area contributed by atoms with E-state index in [4.69, 9.17) is 8.83 Å². The van der Waals surface area contributed by atoms with E-state index in [0.29, 0.717) is 0 Å². The molecule has 4 nitrogen and oxygen atoms in total. The van der Waals surface area contributed by atoms with Crippen LogP contribution in [0.2, 0.25) is 0 Å². The fraction of sp³-hybridized carbons (Fsp3) is 0.0420. The van der Waals surface area contributed by atoms with Gasteiger partial charge in [0, 0.05) is 60.8 Å². The third-order valence-corrected chi connectivity index (χ3v) is 26.8. The minimum absolute atomic E-state index is 0.176. The third-order valence-electron chi connectivity index (χ3n) is 26.8. The lowest BCUT2D eigenvalue weighted by Crippen LogP contribution is -2.28. The molecule has 2 aromatic heterocycles. The minimum Gasteiger partial charge on any atom is -0.456 e. The lowest BCUT2D eigenvalue weighted by molar-refractivity contribution is 0.660. The Labute approximate surface area is 715 Å². The third kappa shape index (κ3) is 11.0. The maximum absolute atomic E-state index is 6.38. The van der Waals surface area contributed by atoms with Gasteiger partial charge in [0.25, 0.3) is 0 Å². The zero-order valence-corrected chi connectivity index (χ0v) is 67.9. The van der Waals surface area contributed by atoms with Crippen molar-refractivity contribution in [3.8, 4) is 89.0 Å². The van der Waals surface area contributed by atoms with Crippen molar-refractivity contribution in [2.24, 2.45) is 0 Å². The highest BCUT2D eigenvalue weighted by Crippen LogP contribution is 2.65. The molecule has 4 aliphatic rings. The van der Waals surface area contributed by atoms with Crippen LogP contribution in [0.25, 0.3) is 133 Å².